The molecule has 0 amide bonds. The molecule has 0 aliphatic rings. The maximum atomic E-state index is 6.00. The number of nitrogens with two attached hydrogens (primary N) is 1. The van der Waals surface area contributed by atoms with Gasteiger partial charge in [-0.15, -0.1) is 11.3 Å². The van der Waals surface area contributed by atoms with Crippen LogP contribution in [0.3, 0.4) is 0 Å². The molecule has 0 fully saturated rings. The third kappa shape index (κ3) is 4.31. The van der Waals surface area contributed by atoms with Crippen molar-refractivity contribution in [2.75, 3.05) is 33.7 Å². The van der Waals surface area contributed by atoms with Gasteiger partial charge in [0.2, 0.25) is 0 Å². The Kier molecular flexibility index (Phi) is 6.81. The molecular weight excluding hydrogens is 310 g/mol. The van der Waals surface area contributed by atoms with E-state index < -0.39 is 0 Å². The van der Waals surface area contributed by atoms with Gasteiger partial charge in [0.1, 0.15) is 0 Å². The number of likely N-dealkylation sites (N-methyl/N-ethyl adjacent to an activating group) is 2. The molecule has 0 spiro atoms. The Morgan fingerprint density at radius 1 is 1.44 bits per heavy atom. The Morgan fingerprint density at radius 2 is 2.11 bits per heavy atom. The van der Waals surface area contributed by atoms with Crippen molar-refractivity contribution >= 4 is 27.3 Å². The van der Waals surface area contributed by atoms with Crippen LogP contribution in [0.5, 0.6) is 0 Å². The van der Waals surface area contributed by atoms with Crippen molar-refractivity contribution in [3.05, 3.63) is 20.8 Å². The van der Waals surface area contributed by atoms with Gasteiger partial charge >= 0.3 is 0 Å². The molecule has 18 heavy (non-hydrogen) atoms. The van der Waals surface area contributed by atoms with E-state index >= 15 is 0 Å². The zero-order valence-corrected chi connectivity index (χ0v) is 14.1. The molecule has 0 saturated heterocycles. The topological polar surface area (TPSA) is 32.5 Å². The Bertz CT molecular complexity index is 354. The van der Waals surface area contributed by atoms with Gasteiger partial charge in [-0.1, -0.05) is 6.92 Å². The molecule has 1 aromatic heterocycles. The van der Waals surface area contributed by atoms with Crippen molar-refractivity contribution in [2.24, 2.45) is 5.73 Å². The molecule has 2 N–H and O–H groups in total. The van der Waals surface area contributed by atoms with E-state index in [1.54, 1.807) is 11.3 Å². The summed E-state index contributed by atoms with van der Waals surface area (Å²) in [5, 5.41) is 2.13. The van der Waals surface area contributed by atoms with Gasteiger partial charge in [0.15, 0.2) is 0 Å². The minimum absolute atomic E-state index is 0.321. The number of hydrogen-bond acceptors (Lipinski definition) is 4. The van der Waals surface area contributed by atoms with Crippen LogP contribution in [0.1, 0.15) is 24.8 Å². The van der Waals surface area contributed by atoms with Crippen molar-refractivity contribution < 1.29 is 0 Å². The van der Waals surface area contributed by atoms with Crippen LogP contribution in [0.4, 0.5) is 0 Å². The summed E-state index contributed by atoms with van der Waals surface area (Å²) < 4.78 is 1.15. The lowest BCUT2D eigenvalue weighted by Crippen LogP contribution is -2.44. The van der Waals surface area contributed by atoms with Crippen molar-refractivity contribution in [3.63, 3.8) is 0 Å². The maximum absolute atomic E-state index is 6.00. The molecular formula is C13H24BrN3S. The summed E-state index contributed by atoms with van der Waals surface area (Å²) in [6, 6.07) is 3.01. The van der Waals surface area contributed by atoms with Crippen LogP contribution in [-0.2, 0) is 0 Å². The molecule has 0 bridgehead atoms. The molecule has 0 saturated carbocycles. The zero-order valence-electron chi connectivity index (χ0n) is 11.7. The average molecular weight is 334 g/mol. The van der Waals surface area contributed by atoms with Crippen LogP contribution in [0, 0.1) is 0 Å². The molecule has 0 radical (unpaired) electrons. The quantitative estimate of drug-likeness (QED) is 0.832. The molecule has 1 heterocycles. The van der Waals surface area contributed by atoms with Crippen LogP contribution in [0.15, 0.2) is 15.9 Å². The van der Waals surface area contributed by atoms with E-state index in [4.69, 9.17) is 5.73 Å². The molecule has 104 valence electrons. The lowest BCUT2D eigenvalue weighted by atomic mass is 10.1. The van der Waals surface area contributed by atoms with Crippen molar-refractivity contribution in [1.29, 1.82) is 0 Å². The summed E-state index contributed by atoms with van der Waals surface area (Å²) in [7, 11) is 4.23. The number of thiophene rings is 1. The number of halogens is 1. The van der Waals surface area contributed by atoms with Crippen molar-refractivity contribution in [1.82, 2.24) is 9.80 Å². The number of rotatable bonds is 7. The number of hydrogen-bond donors (Lipinski definition) is 1. The van der Waals surface area contributed by atoms with E-state index in [-0.39, 0.29) is 0 Å². The van der Waals surface area contributed by atoms with E-state index in [1.165, 1.54) is 4.88 Å². The van der Waals surface area contributed by atoms with Gasteiger partial charge in [-0.2, -0.15) is 0 Å². The third-order valence-electron chi connectivity index (χ3n) is 3.10. The molecule has 0 aliphatic heterocycles. The molecule has 2 unspecified atom stereocenters. The molecule has 0 aliphatic carbocycles. The normalized spacial score (nSPS) is 15.3. The first-order valence-electron chi connectivity index (χ1n) is 6.34. The van der Waals surface area contributed by atoms with Gasteiger partial charge in [-0.05, 0) is 49.6 Å². The van der Waals surface area contributed by atoms with E-state index in [0.717, 1.165) is 17.6 Å². The summed E-state index contributed by atoms with van der Waals surface area (Å²) in [6.45, 7) is 7.22. The highest BCUT2D eigenvalue weighted by Crippen LogP contribution is 2.30. The smallest absolute Gasteiger partial charge is 0.0567 e. The fourth-order valence-corrected chi connectivity index (χ4v) is 3.97. The third-order valence-corrected chi connectivity index (χ3v) is 4.90. The van der Waals surface area contributed by atoms with Crippen LogP contribution >= 0.6 is 27.3 Å². The Balaban J connectivity index is 2.83. The minimum atomic E-state index is 0.321. The molecule has 1 aromatic rings. The molecule has 2 atom stereocenters. The van der Waals surface area contributed by atoms with Gasteiger partial charge < -0.3 is 10.6 Å². The first kappa shape index (κ1) is 16.1. The van der Waals surface area contributed by atoms with Gasteiger partial charge in [0.25, 0.3) is 0 Å². The van der Waals surface area contributed by atoms with Crippen LogP contribution in [0.25, 0.3) is 0 Å². The first-order valence-corrected chi connectivity index (χ1v) is 8.01. The summed E-state index contributed by atoms with van der Waals surface area (Å²) in [5.74, 6) is 0. The number of nitrogens with zero attached hydrogens (tertiary/aromatic N) is 2. The Hall–Kier alpha value is 0.0600. The van der Waals surface area contributed by atoms with E-state index in [1.807, 2.05) is 0 Å². The fraction of sp³-hybridized carbons (Fsp3) is 0.692. The van der Waals surface area contributed by atoms with Crippen molar-refractivity contribution in [2.45, 2.75) is 25.9 Å². The molecule has 5 heteroatoms. The van der Waals surface area contributed by atoms with Gasteiger partial charge in [0.05, 0.1) is 6.04 Å². The van der Waals surface area contributed by atoms with E-state index in [9.17, 15) is 0 Å². The highest BCUT2D eigenvalue weighted by Gasteiger charge is 2.24. The SMILES string of the molecule is CCN(C(C)CN(C)C)C(CN)c1cc(Br)cs1. The van der Waals surface area contributed by atoms with Crippen LogP contribution < -0.4 is 5.73 Å². The summed E-state index contributed by atoms with van der Waals surface area (Å²) in [5.41, 5.74) is 6.00. The second-order valence-corrected chi connectivity index (χ2v) is 6.72. The second kappa shape index (κ2) is 7.60. The Labute approximate surface area is 123 Å². The fourth-order valence-electron chi connectivity index (χ4n) is 2.39. The van der Waals surface area contributed by atoms with E-state index in [2.05, 4.69) is 65.1 Å². The second-order valence-electron chi connectivity index (χ2n) is 4.86. The maximum Gasteiger partial charge on any atom is 0.0567 e. The predicted octanol–water partition coefficient (Wildman–Crippen LogP) is 2.78. The van der Waals surface area contributed by atoms with Crippen LogP contribution in [-0.4, -0.2) is 49.6 Å². The molecule has 0 aromatic carbocycles. The monoisotopic (exact) mass is 333 g/mol. The van der Waals surface area contributed by atoms with Crippen LogP contribution in [0.2, 0.25) is 0 Å². The highest BCUT2D eigenvalue weighted by molar-refractivity contribution is 9.10. The largest absolute Gasteiger partial charge is 0.329 e. The highest BCUT2D eigenvalue weighted by atomic mass is 79.9. The van der Waals surface area contributed by atoms with Gasteiger partial charge in [-0.25, -0.2) is 0 Å². The average Bonchev–Trinajstić information content (AvgIpc) is 2.71. The standard InChI is InChI=1S/C13H24BrN3S/c1-5-17(10(2)8-16(3)4)12(7-15)13-6-11(14)9-18-13/h6,9-10,12H,5,7-8,15H2,1-4H3. The lowest BCUT2D eigenvalue weighted by Gasteiger charge is -2.35. The van der Waals surface area contributed by atoms with Gasteiger partial charge in [0, 0.05) is 33.9 Å². The summed E-state index contributed by atoms with van der Waals surface area (Å²) >= 11 is 5.30. The molecule has 1 rings (SSSR count). The zero-order chi connectivity index (χ0) is 13.7. The molecule has 3 nitrogen and oxygen atoms in total. The first-order chi connectivity index (χ1) is 8.49. The minimum Gasteiger partial charge on any atom is -0.329 e. The van der Waals surface area contributed by atoms with Gasteiger partial charge in [-0.3, -0.25) is 4.90 Å². The lowest BCUT2D eigenvalue weighted by molar-refractivity contribution is 0.133. The summed E-state index contributed by atoms with van der Waals surface area (Å²) in [6.07, 6.45) is 0. The van der Waals surface area contributed by atoms with Crippen molar-refractivity contribution in [3.8, 4) is 0 Å². The Morgan fingerprint density at radius 3 is 2.50 bits per heavy atom. The summed E-state index contributed by atoms with van der Waals surface area (Å²) in [4.78, 5) is 6.06. The van der Waals surface area contributed by atoms with E-state index in [0.29, 0.717) is 18.6 Å². The predicted molar refractivity (Wildman–Crippen MR) is 84.2 cm³/mol.